The van der Waals surface area contributed by atoms with E-state index in [-0.39, 0.29) is 51.5 Å². The zero-order chi connectivity index (χ0) is 0. The summed E-state index contributed by atoms with van der Waals surface area (Å²) in [6.45, 7) is 0. The van der Waals surface area contributed by atoms with Gasteiger partial charge in [0.15, 0.2) is 0 Å². The van der Waals surface area contributed by atoms with Crippen LogP contribution in [-0.2, 0) is 0 Å². The van der Waals surface area contributed by atoms with Crippen molar-refractivity contribution >= 4 is 0 Å². The van der Waals surface area contributed by atoms with Crippen LogP contribution in [0, 0.1) is 14.3 Å². The van der Waals surface area contributed by atoms with Crippen LogP contribution >= 0.6 is 0 Å². The molecular weight excluding hydrogens is 349 g/mol. The Hall–Kier alpha value is 1.26. The van der Waals surface area contributed by atoms with Crippen molar-refractivity contribution in [3.63, 3.8) is 0 Å². The molecule has 0 atom stereocenters. The molecule has 0 aliphatic rings. The summed E-state index contributed by atoms with van der Waals surface area (Å²) >= 11 is 0. The number of halogens is 3. The van der Waals surface area contributed by atoms with Gasteiger partial charge in [-0.25, -0.2) is 0 Å². The molecule has 0 unspecified atom stereocenters. The van der Waals surface area contributed by atoms with E-state index >= 15 is 0 Å². The molecule has 0 aromatic carbocycles. The Kier molecular flexibility index (Phi) is 429. The third kappa shape index (κ3) is 10.5. The molecule has 0 aliphatic carbocycles. The Labute approximate surface area is 51.8 Å². The molecule has 0 N–H and O–H groups in total. The van der Waals surface area contributed by atoms with Crippen LogP contribution in [0.1, 0.15) is 0 Å². The van der Waals surface area contributed by atoms with Gasteiger partial charge in [-0.15, -0.1) is 0 Å². The molecule has 31 valence electrons. The molecule has 0 amide bonds. The number of rotatable bonds is 0. The van der Waals surface area contributed by atoms with Crippen LogP contribution in [0.5, 0.6) is 0 Å². The van der Waals surface area contributed by atoms with Crippen molar-refractivity contribution in [3.8, 4) is 0 Å². The number of hydrogen-bond donors (Lipinski definition) is 0. The molecule has 0 rings (SSSR count). The normalized spacial score (nSPS) is 0. The average Bonchev–Trinajstić information content (AvgIpc) is 0. The number of hydrogen-bond acceptors (Lipinski definition) is 0. The third-order valence-corrected chi connectivity index (χ3v) is 0. The minimum Gasteiger partial charge on any atom is -1.00 e. The van der Waals surface area contributed by atoms with Gasteiger partial charge in [-0.2, -0.15) is 0 Å². The van der Waals surface area contributed by atoms with Gasteiger partial charge in [0.05, 0.1) is 0 Å². The van der Waals surface area contributed by atoms with Gasteiger partial charge < -0.3 is 37.2 Å². The van der Waals surface area contributed by atoms with Gasteiger partial charge in [0.25, 0.3) is 0 Å². The van der Waals surface area contributed by atoms with Crippen molar-refractivity contribution in [3.05, 3.63) is 0 Å². The van der Waals surface area contributed by atoms with E-state index in [9.17, 15) is 0 Å². The summed E-state index contributed by atoms with van der Waals surface area (Å²) in [7, 11) is 0. The van der Waals surface area contributed by atoms with Crippen LogP contribution in [-0.4, -0.2) is 0 Å². The molecule has 0 nitrogen and oxygen atoms in total. The third-order valence-electron chi connectivity index (χ3n) is 0. The summed E-state index contributed by atoms with van der Waals surface area (Å²) in [4.78, 5) is 0. The maximum atomic E-state index is 0. The second kappa shape index (κ2) is 28.5. The first kappa shape index (κ1) is 60.1. The molecule has 1 radical (unpaired) electrons. The van der Waals surface area contributed by atoms with E-state index in [1.807, 2.05) is 0 Å². The van der Waals surface area contributed by atoms with Crippen molar-refractivity contribution in [2.45, 2.75) is 0 Å². The Bertz CT molecular complexity index is 3.25. The van der Waals surface area contributed by atoms with Gasteiger partial charge in [0, 0.05) is 14.3 Å². The van der Waals surface area contributed by atoms with Crippen molar-refractivity contribution in [1.29, 1.82) is 0 Å². The second-order valence-electron chi connectivity index (χ2n) is 0. The van der Waals surface area contributed by atoms with E-state index in [1.54, 1.807) is 0 Å². The maximum absolute atomic E-state index is 0. The predicted octanol–water partition coefficient (Wildman–Crippen LogP) is -8.99. The quantitative estimate of drug-likeness (QED) is 0.408. The van der Waals surface area contributed by atoms with Gasteiger partial charge in [-0.1, -0.05) is 0 Å². The second-order valence-corrected chi connectivity index (χ2v) is 0. The molecule has 0 saturated heterocycles. The van der Waals surface area contributed by atoms with E-state index in [1.165, 1.54) is 0 Å². The predicted molar refractivity (Wildman–Crippen MR) is 0 cm³/mol. The molecule has 4 heteroatoms. The first-order chi connectivity index (χ1) is 0. The fraction of sp³-hybridized carbons (Fsp3) is 0. The van der Waals surface area contributed by atoms with E-state index in [4.69, 9.17) is 0 Å². The Morgan fingerprint density at radius 1 is 0.500 bits per heavy atom. The van der Waals surface area contributed by atoms with Gasteiger partial charge in [0.1, 0.15) is 0 Å². The van der Waals surface area contributed by atoms with Crippen LogP contribution in [0.4, 0.5) is 0 Å². The molecule has 0 heterocycles. The van der Waals surface area contributed by atoms with Crippen molar-refractivity contribution < 1.29 is 51.5 Å². The van der Waals surface area contributed by atoms with Gasteiger partial charge in [0.2, 0.25) is 0 Å². The van der Waals surface area contributed by atoms with Crippen LogP contribution < -0.4 is 37.2 Å². The van der Waals surface area contributed by atoms with E-state index in [2.05, 4.69) is 0 Å². The van der Waals surface area contributed by atoms with Crippen LogP contribution in [0.3, 0.4) is 0 Å². The van der Waals surface area contributed by atoms with E-state index in [0.29, 0.717) is 0 Å². The zero-order valence-corrected chi connectivity index (χ0v) is 6.93. The largest absolute Gasteiger partial charge is 1.00 e. The summed E-state index contributed by atoms with van der Waals surface area (Å²) in [6.07, 6.45) is 0. The summed E-state index contributed by atoms with van der Waals surface area (Å²) in [5.41, 5.74) is 0. The molecule has 0 fully saturated rings. The zero-order valence-electron chi connectivity index (χ0n) is 1.51. The van der Waals surface area contributed by atoms with Gasteiger partial charge in [-0.3, -0.25) is 0 Å². The molecule has 0 spiro atoms. The molecule has 0 bridgehead atoms. The minimum absolute atomic E-state index is 0. The maximum Gasteiger partial charge on any atom is 0 e. The molecule has 0 aliphatic heterocycles. The van der Waals surface area contributed by atoms with Gasteiger partial charge >= 0.3 is 0 Å². The van der Waals surface area contributed by atoms with Crippen LogP contribution in [0.15, 0.2) is 0 Å². The van der Waals surface area contributed by atoms with Crippen LogP contribution in [0.25, 0.3) is 0 Å². The van der Waals surface area contributed by atoms with E-state index < -0.39 is 0 Å². The van der Waals surface area contributed by atoms with E-state index in [0.717, 1.165) is 0 Å². The topological polar surface area (TPSA) is 0 Å². The molecule has 0 saturated carbocycles. The van der Waals surface area contributed by atoms with Crippen molar-refractivity contribution in [2.75, 3.05) is 0 Å². The summed E-state index contributed by atoms with van der Waals surface area (Å²) in [5, 5.41) is 0. The smallest absolute Gasteiger partial charge is 0 e. The minimum atomic E-state index is 0. The summed E-state index contributed by atoms with van der Waals surface area (Å²) < 4.78 is 0. The van der Waals surface area contributed by atoms with Crippen molar-refractivity contribution in [2.24, 2.45) is 0 Å². The van der Waals surface area contributed by atoms with Crippen LogP contribution in [0.2, 0.25) is 0 Å². The SMILES string of the molecule is [Am].[Cl-].[Cl-].[Cl-]. The Balaban J connectivity index is 0. The average molecular weight is 349 g/mol. The molecular formula is AmCl3-3. The molecule has 0 aromatic rings. The molecule has 4 heavy (non-hydrogen) atoms. The first-order valence-corrected chi connectivity index (χ1v) is 0. The standard InChI is InChI=1S/Am.3ClH/h;3*1H/p-3. The first-order valence-electron chi connectivity index (χ1n) is 0. The fourth-order valence-corrected chi connectivity index (χ4v) is 0. The van der Waals surface area contributed by atoms with Crippen molar-refractivity contribution in [1.82, 2.24) is 0 Å². The Morgan fingerprint density at radius 3 is 0.500 bits per heavy atom. The summed E-state index contributed by atoms with van der Waals surface area (Å²) in [5.74, 6) is 0. The monoisotopic (exact) mass is 346 g/mol. The van der Waals surface area contributed by atoms with Gasteiger partial charge in [-0.05, 0) is 0 Å². The fourth-order valence-electron chi connectivity index (χ4n) is 0. The Morgan fingerprint density at radius 2 is 0.500 bits per heavy atom. The summed E-state index contributed by atoms with van der Waals surface area (Å²) in [6, 6.07) is 0. The molecule has 0 aromatic heterocycles.